The largest absolute Gasteiger partial charge is 0.365 e. The number of amides is 2. The molecule has 27 heavy (non-hydrogen) atoms. The van der Waals surface area contributed by atoms with E-state index in [0.29, 0.717) is 15.4 Å². The van der Waals surface area contributed by atoms with E-state index >= 15 is 0 Å². The summed E-state index contributed by atoms with van der Waals surface area (Å²) >= 11 is 2.38. The van der Waals surface area contributed by atoms with E-state index in [1.54, 1.807) is 6.07 Å². The first-order valence-electron chi connectivity index (χ1n) is 8.40. The molecule has 0 radical (unpaired) electrons. The van der Waals surface area contributed by atoms with Crippen LogP contribution in [0.1, 0.15) is 32.6 Å². The van der Waals surface area contributed by atoms with Gasteiger partial charge in [0.15, 0.2) is 0 Å². The topological polar surface area (TPSA) is 120 Å². The van der Waals surface area contributed by atoms with Gasteiger partial charge in [0.1, 0.15) is 11.5 Å². The van der Waals surface area contributed by atoms with Crippen LogP contribution < -0.4 is 16.0 Å². The SMILES string of the molecule is CC[NH+]1CCc2c(sc(NC(=O)/C=C/c3ccc([N+](=O)[O-])s3)c2C(N)=O)C1. The lowest BCUT2D eigenvalue weighted by Gasteiger charge is -2.22. The minimum absolute atomic E-state index is 0.0139. The molecule has 0 saturated carbocycles. The molecule has 2 aromatic heterocycles. The van der Waals surface area contributed by atoms with Crippen molar-refractivity contribution in [3.63, 3.8) is 0 Å². The molecule has 10 heteroatoms. The standard InChI is InChI=1S/C17H18N4O4S2/c1-2-20-8-7-11-12(9-20)27-17(15(11)16(18)23)19-13(22)5-3-10-4-6-14(26-10)21(24)25/h3-6H,2,7-9H2,1H3,(H2,18,23)(H,19,22)/p+1/b5-3+. The van der Waals surface area contributed by atoms with Crippen LogP contribution in [0.3, 0.4) is 0 Å². The Kier molecular flexibility index (Phi) is 5.68. The highest BCUT2D eigenvalue weighted by Gasteiger charge is 2.28. The fraction of sp³-hybridized carbons (Fsp3) is 0.294. The summed E-state index contributed by atoms with van der Waals surface area (Å²) in [6, 6.07) is 2.97. The van der Waals surface area contributed by atoms with Crippen LogP contribution in [0.5, 0.6) is 0 Å². The zero-order chi connectivity index (χ0) is 19.6. The number of nitrogens with zero attached hydrogens (tertiary/aromatic N) is 1. The summed E-state index contributed by atoms with van der Waals surface area (Å²) in [5.41, 5.74) is 6.90. The first-order chi connectivity index (χ1) is 12.9. The summed E-state index contributed by atoms with van der Waals surface area (Å²) in [7, 11) is 0. The summed E-state index contributed by atoms with van der Waals surface area (Å²) in [6.45, 7) is 4.87. The molecule has 0 aromatic carbocycles. The minimum atomic E-state index is -0.541. The van der Waals surface area contributed by atoms with Gasteiger partial charge in [0.25, 0.3) is 5.91 Å². The van der Waals surface area contributed by atoms with E-state index in [0.717, 1.165) is 47.8 Å². The Morgan fingerprint density at radius 2 is 2.19 bits per heavy atom. The van der Waals surface area contributed by atoms with Crippen molar-refractivity contribution in [1.29, 1.82) is 0 Å². The molecule has 142 valence electrons. The Morgan fingerprint density at radius 3 is 2.81 bits per heavy atom. The van der Waals surface area contributed by atoms with Crippen molar-refractivity contribution in [3.05, 3.63) is 49.2 Å². The minimum Gasteiger partial charge on any atom is -0.365 e. The first kappa shape index (κ1) is 19.2. The van der Waals surface area contributed by atoms with Gasteiger partial charge in [0, 0.05) is 23.4 Å². The molecular formula is C17H19N4O4S2+. The van der Waals surface area contributed by atoms with Crippen molar-refractivity contribution >= 4 is 50.6 Å². The maximum atomic E-state index is 12.3. The van der Waals surface area contributed by atoms with Crippen molar-refractivity contribution in [1.82, 2.24) is 0 Å². The smallest absolute Gasteiger partial charge is 0.324 e. The van der Waals surface area contributed by atoms with Crippen LogP contribution in [0, 0.1) is 10.1 Å². The molecule has 1 aliphatic rings. The van der Waals surface area contributed by atoms with Gasteiger partial charge in [-0.2, -0.15) is 0 Å². The number of anilines is 1. The van der Waals surface area contributed by atoms with E-state index in [2.05, 4.69) is 12.2 Å². The van der Waals surface area contributed by atoms with E-state index in [-0.39, 0.29) is 5.00 Å². The average molecular weight is 407 g/mol. The Bertz CT molecular complexity index is 932. The van der Waals surface area contributed by atoms with Crippen molar-refractivity contribution in [3.8, 4) is 0 Å². The number of primary amides is 1. The second-order valence-corrected chi connectivity index (χ2v) is 8.31. The van der Waals surface area contributed by atoms with Gasteiger partial charge < -0.3 is 16.0 Å². The lowest BCUT2D eigenvalue weighted by Crippen LogP contribution is -3.11. The molecule has 1 atom stereocenters. The van der Waals surface area contributed by atoms with Gasteiger partial charge in [-0.15, -0.1) is 11.3 Å². The van der Waals surface area contributed by atoms with Gasteiger partial charge in [0.2, 0.25) is 5.91 Å². The predicted molar refractivity (Wildman–Crippen MR) is 105 cm³/mol. The predicted octanol–water partition coefficient (Wildman–Crippen LogP) is 1.43. The third kappa shape index (κ3) is 4.24. The summed E-state index contributed by atoms with van der Waals surface area (Å²) in [5, 5.41) is 13.9. The molecule has 4 N–H and O–H groups in total. The van der Waals surface area contributed by atoms with E-state index in [9.17, 15) is 19.7 Å². The van der Waals surface area contributed by atoms with Crippen LogP contribution in [-0.2, 0) is 17.8 Å². The number of fused-ring (bicyclic) bond motifs is 1. The molecule has 0 saturated heterocycles. The van der Waals surface area contributed by atoms with Gasteiger partial charge >= 0.3 is 5.00 Å². The molecule has 3 heterocycles. The fourth-order valence-electron chi connectivity index (χ4n) is 3.03. The Morgan fingerprint density at radius 1 is 1.41 bits per heavy atom. The normalized spacial score (nSPS) is 16.3. The van der Waals surface area contributed by atoms with Crippen molar-refractivity contribution in [2.75, 3.05) is 18.4 Å². The van der Waals surface area contributed by atoms with E-state index in [4.69, 9.17) is 5.73 Å². The highest BCUT2D eigenvalue weighted by atomic mass is 32.1. The monoisotopic (exact) mass is 407 g/mol. The molecule has 8 nitrogen and oxygen atoms in total. The molecule has 2 amide bonds. The molecule has 1 unspecified atom stereocenters. The van der Waals surface area contributed by atoms with Crippen LogP contribution >= 0.6 is 22.7 Å². The van der Waals surface area contributed by atoms with Crippen molar-refractivity contribution in [2.24, 2.45) is 5.73 Å². The highest BCUT2D eigenvalue weighted by molar-refractivity contribution is 7.17. The molecule has 0 aliphatic carbocycles. The second kappa shape index (κ2) is 7.99. The summed E-state index contributed by atoms with van der Waals surface area (Å²) in [4.78, 5) is 37.5. The van der Waals surface area contributed by atoms with Crippen molar-refractivity contribution in [2.45, 2.75) is 19.9 Å². The Labute approximate surface area is 163 Å². The molecule has 0 bridgehead atoms. The molecular weight excluding hydrogens is 388 g/mol. The summed E-state index contributed by atoms with van der Waals surface area (Å²) in [6.07, 6.45) is 3.56. The first-order valence-corrected chi connectivity index (χ1v) is 10.0. The number of likely N-dealkylation sites (N-methyl/N-ethyl adjacent to an activating group) is 1. The second-order valence-electron chi connectivity index (χ2n) is 6.11. The number of nitrogens with one attached hydrogen (secondary N) is 2. The van der Waals surface area contributed by atoms with Crippen LogP contribution in [0.2, 0.25) is 0 Å². The number of carbonyl (C=O) groups excluding carboxylic acids is 2. The van der Waals surface area contributed by atoms with E-state index in [1.165, 1.54) is 34.5 Å². The number of hydrogen-bond acceptors (Lipinski definition) is 6. The number of nitrogens with two attached hydrogens (primary N) is 1. The van der Waals surface area contributed by atoms with Crippen LogP contribution in [-0.4, -0.2) is 29.8 Å². The summed E-state index contributed by atoms with van der Waals surface area (Å²) < 4.78 is 0. The fourth-order valence-corrected chi connectivity index (χ4v) is 5.08. The zero-order valence-electron chi connectivity index (χ0n) is 14.6. The lowest BCUT2D eigenvalue weighted by atomic mass is 10.0. The van der Waals surface area contributed by atoms with E-state index in [1.807, 2.05) is 0 Å². The van der Waals surface area contributed by atoms with Crippen LogP contribution in [0.25, 0.3) is 6.08 Å². The summed E-state index contributed by atoms with van der Waals surface area (Å²) in [5.74, 6) is -0.951. The number of quaternary nitrogens is 1. The average Bonchev–Trinajstić information content (AvgIpc) is 3.23. The number of thiophene rings is 2. The molecule has 3 rings (SSSR count). The maximum Gasteiger partial charge on any atom is 0.324 e. The van der Waals surface area contributed by atoms with Gasteiger partial charge in [0.05, 0.1) is 28.5 Å². The zero-order valence-corrected chi connectivity index (χ0v) is 16.2. The molecule has 0 fully saturated rings. The third-order valence-electron chi connectivity index (χ3n) is 4.40. The molecule has 0 spiro atoms. The quantitative estimate of drug-likeness (QED) is 0.381. The van der Waals surface area contributed by atoms with Crippen LogP contribution in [0.4, 0.5) is 10.0 Å². The third-order valence-corrected chi connectivity index (χ3v) is 6.55. The van der Waals surface area contributed by atoms with E-state index < -0.39 is 16.7 Å². The Balaban J connectivity index is 1.77. The number of nitro groups is 1. The lowest BCUT2D eigenvalue weighted by molar-refractivity contribution is -0.913. The van der Waals surface area contributed by atoms with Gasteiger partial charge in [-0.25, -0.2) is 0 Å². The maximum absolute atomic E-state index is 12.3. The van der Waals surface area contributed by atoms with Crippen LogP contribution in [0.15, 0.2) is 18.2 Å². The van der Waals surface area contributed by atoms with Gasteiger partial charge in [-0.1, -0.05) is 11.3 Å². The molecule has 1 aliphatic heterocycles. The number of hydrogen-bond donors (Lipinski definition) is 3. The number of carbonyl (C=O) groups is 2. The Hall–Kier alpha value is -2.56. The van der Waals surface area contributed by atoms with Gasteiger partial charge in [-0.05, 0) is 24.6 Å². The molecule has 2 aromatic rings. The number of rotatable bonds is 6. The van der Waals surface area contributed by atoms with Gasteiger partial charge in [-0.3, -0.25) is 19.7 Å². The van der Waals surface area contributed by atoms with Crippen molar-refractivity contribution < 1.29 is 19.4 Å². The highest BCUT2D eigenvalue weighted by Crippen LogP contribution is 2.34.